The Labute approximate surface area is 627 Å². The molecule has 0 aliphatic carbocycles. The lowest BCUT2D eigenvalue weighted by Crippen LogP contribution is -2.51. The number of nitrogens with zero attached hydrogens (tertiary/aromatic N) is 5. The van der Waals surface area contributed by atoms with Gasteiger partial charge in [0.15, 0.2) is 0 Å². The minimum atomic E-state index is -0.390. The maximum absolute atomic E-state index is 11.8. The lowest BCUT2D eigenvalue weighted by molar-refractivity contribution is 0.0419. The van der Waals surface area contributed by atoms with Crippen LogP contribution in [0.1, 0.15) is 452 Å². The molecule has 100 heavy (non-hydrogen) atoms. The van der Waals surface area contributed by atoms with Crippen LogP contribution in [0.3, 0.4) is 0 Å². The van der Waals surface area contributed by atoms with Crippen LogP contribution in [0.5, 0.6) is 0 Å². The van der Waals surface area contributed by atoms with Crippen molar-refractivity contribution < 1.29 is 25.5 Å². The Kier molecular flexibility index (Phi) is 76.3. The molecule has 0 radical (unpaired) electrons. The number of aliphatic hydroxyl groups excluding tert-OH is 5. The third-order valence-electron chi connectivity index (χ3n) is 23.0. The normalized spacial score (nSPS) is 15.0. The van der Waals surface area contributed by atoms with E-state index < -0.39 is 12.2 Å². The van der Waals surface area contributed by atoms with Gasteiger partial charge in [0.05, 0.1) is 30.5 Å². The van der Waals surface area contributed by atoms with Gasteiger partial charge in [-0.3, -0.25) is 24.5 Å². The van der Waals surface area contributed by atoms with E-state index >= 15 is 0 Å². The molecular formula is C90H185N5O5. The lowest BCUT2D eigenvalue weighted by atomic mass is 10.0. The Morgan fingerprint density at radius 3 is 0.520 bits per heavy atom. The Morgan fingerprint density at radius 1 is 0.190 bits per heavy atom. The van der Waals surface area contributed by atoms with Crippen molar-refractivity contribution in [1.82, 2.24) is 24.5 Å². The van der Waals surface area contributed by atoms with Crippen LogP contribution in [0.2, 0.25) is 0 Å². The topological polar surface area (TPSA) is 117 Å². The summed E-state index contributed by atoms with van der Waals surface area (Å²) in [7, 11) is 0. The van der Waals surface area contributed by atoms with Crippen molar-refractivity contribution in [2.75, 3.05) is 98.2 Å². The van der Waals surface area contributed by atoms with Gasteiger partial charge < -0.3 is 25.5 Å². The smallest absolute Gasteiger partial charge is 0.0667 e. The van der Waals surface area contributed by atoms with Crippen LogP contribution in [0.25, 0.3) is 0 Å². The molecule has 10 nitrogen and oxygen atoms in total. The maximum atomic E-state index is 11.8. The van der Waals surface area contributed by atoms with Crippen LogP contribution < -0.4 is 0 Å². The summed E-state index contributed by atoms with van der Waals surface area (Å²) in [5.41, 5.74) is 0. The summed E-state index contributed by atoms with van der Waals surface area (Å²) >= 11 is 0. The van der Waals surface area contributed by atoms with Gasteiger partial charge in [0, 0.05) is 98.2 Å². The predicted molar refractivity (Wildman–Crippen MR) is 441 cm³/mol. The van der Waals surface area contributed by atoms with Gasteiger partial charge >= 0.3 is 0 Å². The molecule has 1 heterocycles. The number of unbranched alkanes of at least 4 members (excludes halogenated alkanes) is 55. The minimum absolute atomic E-state index is 0.347. The zero-order valence-electron chi connectivity index (χ0n) is 68.9. The molecule has 5 N–H and O–H groups in total. The molecular weight excluding hydrogens is 1230 g/mol. The molecule has 5 unspecified atom stereocenters. The fourth-order valence-electron chi connectivity index (χ4n) is 15.9. The molecule has 0 aromatic heterocycles. The van der Waals surface area contributed by atoms with Crippen LogP contribution in [-0.4, -0.2) is 179 Å². The summed E-state index contributed by atoms with van der Waals surface area (Å²) in [5, 5.41) is 58.0. The molecule has 1 aliphatic heterocycles. The highest BCUT2D eigenvalue weighted by Crippen LogP contribution is 2.21. The number of hydrogen-bond donors (Lipinski definition) is 5. The van der Waals surface area contributed by atoms with Gasteiger partial charge in [-0.25, -0.2) is 0 Å². The van der Waals surface area contributed by atoms with Gasteiger partial charge in [0.2, 0.25) is 0 Å². The maximum Gasteiger partial charge on any atom is 0.0667 e. The van der Waals surface area contributed by atoms with Gasteiger partial charge in [-0.2, -0.15) is 0 Å². The highest BCUT2D eigenvalue weighted by Gasteiger charge is 2.23. The molecule has 1 fully saturated rings. The first-order valence-electron chi connectivity index (χ1n) is 46.2. The summed E-state index contributed by atoms with van der Waals surface area (Å²) in [6, 6.07) is 0. The molecule has 0 spiro atoms. The monoisotopic (exact) mass is 1420 g/mol. The van der Waals surface area contributed by atoms with Crippen LogP contribution in [0.15, 0.2) is 0 Å². The van der Waals surface area contributed by atoms with E-state index in [1.54, 1.807) is 0 Å². The number of hydrogen-bond acceptors (Lipinski definition) is 10. The highest BCUT2D eigenvalue weighted by molar-refractivity contribution is 4.79. The minimum Gasteiger partial charge on any atom is -0.392 e. The van der Waals surface area contributed by atoms with Gasteiger partial charge in [-0.05, 0) is 32.1 Å². The third-order valence-corrected chi connectivity index (χ3v) is 23.0. The average Bonchev–Trinajstić information content (AvgIpc) is 1.13. The van der Waals surface area contributed by atoms with Crippen LogP contribution in [-0.2, 0) is 0 Å². The number of aliphatic hydroxyl groups is 5. The first-order valence-corrected chi connectivity index (χ1v) is 46.2. The SMILES string of the molecule is CCCCCCCCCCCCCCC(O)CN(CCN1CCN(CCN(CC(O)CCCCCCCCCCCCCC)CC(O)CCCCCCCCCCCCCC)CC1)CCN(CC(O)CCCCCCCCCCCCCC)CC(O)CCCCCCCCCCCCCC. The largest absolute Gasteiger partial charge is 0.392 e. The second-order valence-corrected chi connectivity index (χ2v) is 33.2. The first kappa shape index (κ1) is 97.6. The van der Waals surface area contributed by atoms with Gasteiger partial charge in [0.1, 0.15) is 0 Å². The molecule has 1 rings (SSSR count). The molecule has 10 heteroatoms. The van der Waals surface area contributed by atoms with E-state index in [-0.39, 0.29) is 18.3 Å². The van der Waals surface area contributed by atoms with Crippen molar-refractivity contribution in [3.05, 3.63) is 0 Å². The second-order valence-electron chi connectivity index (χ2n) is 33.2. The van der Waals surface area contributed by atoms with Crippen LogP contribution >= 0.6 is 0 Å². The quantitative estimate of drug-likeness (QED) is 0.0377. The Balaban J connectivity index is 3.00. The van der Waals surface area contributed by atoms with E-state index in [9.17, 15) is 25.5 Å². The molecule has 5 atom stereocenters. The molecule has 0 amide bonds. The summed E-state index contributed by atoms with van der Waals surface area (Å²) in [6.45, 7) is 24.2. The van der Waals surface area contributed by atoms with E-state index in [2.05, 4.69) is 59.1 Å². The summed E-state index contributed by atoms with van der Waals surface area (Å²) < 4.78 is 0. The van der Waals surface area contributed by atoms with Crippen molar-refractivity contribution in [1.29, 1.82) is 0 Å². The fourth-order valence-corrected chi connectivity index (χ4v) is 15.9. The van der Waals surface area contributed by atoms with Crippen molar-refractivity contribution >= 4 is 0 Å². The highest BCUT2D eigenvalue weighted by atomic mass is 16.3. The van der Waals surface area contributed by atoms with Crippen molar-refractivity contribution in [2.45, 2.75) is 482 Å². The Morgan fingerprint density at radius 2 is 0.330 bits per heavy atom. The first-order chi connectivity index (χ1) is 49.1. The second kappa shape index (κ2) is 78.2. The summed E-state index contributed by atoms with van der Waals surface area (Å²) in [4.78, 5) is 12.6. The molecule has 1 aliphatic rings. The molecule has 0 aromatic carbocycles. The van der Waals surface area contributed by atoms with E-state index in [4.69, 9.17) is 0 Å². The zero-order valence-corrected chi connectivity index (χ0v) is 68.9. The Hall–Kier alpha value is -0.400. The van der Waals surface area contributed by atoms with E-state index in [1.165, 1.54) is 353 Å². The van der Waals surface area contributed by atoms with Crippen molar-refractivity contribution in [3.63, 3.8) is 0 Å². The van der Waals surface area contributed by atoms with E-state index in [0.717, 1.165) is 130 Å². The molecule has 1 saturated heterocycles. The van der Waals surface area contributed by atoms with E-state index in [1.807, 2.05) is 0 Å². The van der Waals surface area contributed by atoms with Crippen LogP contribution in [0.4, 0.5) is 0 Å². The van der Waals surface area contributed by atoms with Crippen molar-refractivity contribution in [2.24, 2.45) is 0 Å². The zero-order chi connectivity index (χ0) is 72.3. The number of piperazine rings is 1. The average molecular weight is 1420 g/mol. The van der Waals surface area contributed by atoms with Crippen LogP contribution in [0, 0.1) is 0 Å². The van der Waals surface area contributed by atoms with E-state index in [0.29, 0.717) is 32.7 Å². The predicted octanol–water partition coefficient (Wildman–Crippen LogP) is 23.8. The van der Waals surface area contributed by atoms with Gasteiger partial charge in [0.25, 0.3) is 0 Å². The van der Waals surface area contributed by atoms with Gasteiger partial charge in [-0.15, -0.1) is 0 Å². The molecule has 0 saturated carbocycles. The molecule has 0 aromatic rings. The number of rotatable bonds is 84. The lowest BCUT2D eigenvalue weighted by Gasteiger charge is -2.37. The van der Waals surface area contributed by atoms with Crippen molar-refractivity contribution in [3.8, 4) is 0 Å². The Bertz CT molecular complexity index is 1470. The summed E-state index contributed by atoms with van der Waals surface area (Å²) in [6.07, 6.45) is 81.9. The molecule has 0 bridgehead atoms. The molecule has 600 valence electrons. The third kappa shape index (κ3) is 69.3. The van der Waals surface area contributed by atoms with Gasteiger partial charge in [-0.1, -0.05) is 420 Å². The standard InChI is InChI=1S/C90H185N5O5/c1-6-11-16-21-26-31-36-41-46-51-56-61-66-86(96)81-93(78-80-95(84-89(99)69-64-59-54-49-44-39-34-29-24-19-14-9-4)85-90(100)70-65-60-55-50-45-40-35-30-25-20-15-10-5)77-75-91-71-73-92(74-72-91)76-79-94(82-87(97)67-62-57-52-47-42-37-32-27-22-17-12-7-2)83-88(98)68-63-58-53-48-43-38-33-28-23-18-13-8-3/h86-90,96-100H,6-85H2,1-5H3. The summed E-state index contributed by atoms with van der Waals surface area (Å²) in [5.74, 6) is 0. The fraction of sp³-hybridized carbons (Fsp3) is 1.00.